The SMILES string of the molecule is O=C1NC(=O)[C@@]2(Cc3cc([N+](=O)[O-])ccc3N3CCC[C@@H]32)c2ccccc21. The minimum absolute atomic E-state index is 0.0159. The van der Waals surface area contributed by atoms with Gasteiger partial charge >= 0.3 is 0 Å². The number of hydrogen-bond acceptors (Lipinski definition) is 5. The summed E-state index contributed by atoms with van der Waals surface area (Å²) >= 11 is 0. The Morgan fingerprint density at radius 1 is 1.19 bits per heavy atom. The first kappa shape index (κ1) is 16.0. The summed E-state index contributed by atoms with van der Waals surface area (Å²) in [6.45, 7) is 0.792. The molecule has 1 N–H and O–H groups in total. The molecule has 5 rings (SSSR count). The van der Waals surface area contributed by atoms with E-state index in [9.17, 15) is 19.7 Å². The van der Waals surface area contributed by atoms with Crippen LogP contribution in [0.25, 0.3) is 0 Å². The summed E-state index contributed by atoms with van der Waals surface area (Å²) in [6.07, 6.45) is 2.12. The van der Waals surface area contributed by atoms with Crippen LogP contribution in [0.2, 0.25) is 0 Å². The van der Waals surface area contributed by atoms with E-state index in [1.807, 2.05) is 12.1 Å². The Kier molecular flexibility index (Phi) is 3.19. The number of nitrogens with one attached hydrogen (secondary N) is 1. The number of non-ortho nitro benzene ring substituents is 1. The molecule has 0 saturated carbocycles. The molecule has 2 aromatic carbocycles. The van der Waals surface area contributed by atoms with Gasteiger partial charge in [-0.2, -0.15) is 0 Å². The van der Waals surface area contributed by atoms with Crippen molar-refractivity contribution in [2.45, 2.75) is 30.7 Å². The molecule has 2 amide bonds. The average Bonchev–Trinajstić information content (AvgIpc) is 3.16. The van der Waals surface area contributed by atoms with E-state index >= 15 is 0 Å². The van der Waals surface area contributed by atoms with Crippen molar-refractivity contribution in [1.82, 2.24) is 5.32 Å². The van der Waals surface area contributed by atoms with E-state index in [0.29, 0.717) is 12.0 Å². The second-order valence-electron chi connectivity index (χ2n) is 7.40. The standard InChI is InChI=1S/C20H17N3O4/c24-18-14-4-1-2-5-15(14)20(19(25)21-18)11-12-10-13(23(26)27)7-8-16(12)22-9-3-6-17(20)22/h1-2,4-5,7-8,10,17H,3,6,9,11H2,(H,21,24,25)/t17-,20+/m1/s1. The minimum atomic E-state index is -0.913. The molecule has 0 aliphatic carbocycles. The number of rotatable bonds is 1. The van der Waals surface area contributed by atoms with Crippen LogP contribution in [0.5, 0.6) is 0 Å². The highest BCUT2D eigenvalue weighted by Gasteiger charge is 2.57. The van der Waals surface area contributed by atoms with Crippen LogP contribution in [0.4, 0.5) is 11.4 Å². The van der Waals surface area contributed by atoms with Crippen LogP contribution in [0.3, 0.4) is 0 Å². The molecule has 27 heavy (non-hydrogen) atoms. The molecule has 1 spiro atoms. The Bertz CT molecular complexity index is 1020. The monoisotopic (exact) mass is 363 g/mol. The summed E-state index contributed by atoms with van der Waals surface area (Å²) in [7, 11) is 0. The molecular weight excluding hydrogens is 346 g/mol. The number of carbonyl (C=O) groups is 2. The Hall–Kier alpha value is -3.22. The van der Waals surface area contributed by atoms with Crippen LogP contribution in [0.15, 0.2) is 42.5 Å². The quantitative estimate of drug-likeness (QED) is 0.477. The number of amides is 2. The zero-order valence-corrected chi connectivity index (χ0v) is 14.5. The predicted molar refractivity (Wildman–Crippen MR) is 97.8 cm³/mol. The molecule has 3 aliphatic rings. The van der Waals surface area contributed by atoms with Crippen LogP contribution in [0, 0.1) is 10.1 Å². The summed E-state index contributed by atoms with van der Waals surface area (Å²) in [5, 5.41) is 13.8. The highest BCUT2D eigenvalue weighted by atomic mass is 16.6. The second-order valence-corrected chi connectivity index (χ2v) is 7.40. The van der Waals surface area contributed by atoms with Gasteiger partial charge in [0.1, 0.15) is 0 Å². The van der Waals surface area contributed by atoms with Crippen LogP contribution >= 0.6 is 0 Å². The fourth-order valence-electron chi connectivity index (χ4n) is 5.07. The van der Waals surface area contributed by atoms with E-state index in [0.717, 1.165) is 36.2 Å². The van der Waals surface area contributed by atoms with Crippen LogP contribution in [-0.4, -0.2) is 29.3 Å². The van der Waals surface area contributed by atoms with E-state index in [2.05, 4.69) is 10.2 Å². The molecule has 2 aromatic rings. The zero-order chi connectivity index (χ0) is 18.8. The number of carbonyl (C=O) groups excluding carboxylic acids is 2. The minimum Gasteiger partial charge on any atom is -0.367 e. The molecular formula is C20H17N3O4. The van der Waals surface area contributed by atoms with Crippen LogP contribution in [0.1, 0.15) is 34.3 Å². The van der Waals surface area contributed by atoms with E-state index < -0.39 is 10.3 Å². The maximum absolute atomic E-state index is 13.2. The van der Waals surface area contributed by atoms with Gasteiger partial charge < -0.3 is 4.90 Å². The highest BCUT2D eigenvalue weighted by Crippen LogP contribution is 2.50. The molecule has 136 valence electrons. The van der Waals surface area contributed by atoms with E-state index in [1.54, 1.807) is 24.3 Å². The lowest BCUT2D eigenvalue weighted by Gasteiger charge is -2.49. The Labute approximate surface area is 155 Å². The summed E-state index contributed by atoms with van der Waals surface area (Å²) in [4.78, 5) is 38.6. The molecule has 7 nitrogen and oxygen atoms in total. The van der Waals surface area contributed by atoms with Gasteiger partial charge in [-0.25, -0.2) is 0 Å². The van der Waals surface area contributed by atoms with Gasteiger partial charge in [-0.05, 0) is 42.5 Å². The molecule has 2 atom stereocenters. The largest absolute Gasteiger partial charge is 0.367 e. The molecule has 3 heterocycles. The van der Waals surface area contributed by atoms with Gasteiger partial charge in [-0.15, -0.1) is 0 Å². The smallest absolute Gasteiger partial charge is 0.269 e. The second kappa shape index (κ2) is 5.39. The van der Waals surface area contributed by atoms with Crippen molar-refractivity contribution in [3.63, 3.8) is 0 Å². The van der Waals surface area contributed by atoms with Crippen molar-refractivity contribution in [3.8, 4) is 0 Å². The number of hydrogen-bond donors (Lipinski definition) is 1. The summed E-state index contributed by atoms with van der Waals surface area (Å²) in [5.41, 5.74) is 2.08. The molecule has 3 aliphatic heterocycles. The molecule has 0 bridgehead atoms. The number of nitro benzene ring substituents is 1. The van der Waals surface area contributed by atoms with E-state index in [4.69, 9.17) is 0 Å². The number of benzene rings is 2. The summed E-state index contributed by atoms with van der Waals surface area (Å²) < 4.78 is 0. The van der Waals surface area contributed by atoms with Crippen molar-refractivity contribution in [2.24, 2.45) is 0 Å². The van der Waals surface area contributed by atoms with Crippen molar-refractivity contribution in [3.05, 3.63) is 69.3 Å². The normalized spacial score (nSPS) is 25.6. The number of imide groups is 1. The Morgan fingerprint density at radius 2 is 2.00 bits per heavy atom. The van der Waals surface area contributed by atoms with Gasteiger partial charge in [0.15, 0.2) is 0 Å². The lowest BCUT2D eigenvalue weighted by molar-refractivity contribution is -0.384. The van der Waals surface area contributed by atoms with Crippen LogP contribution < -0.4 is 10.2 Å². The molecule has 0 aromatic heterocycles. The zero-order valence-electron chi connectivity index (χ0n) is 14.5. The lowest BCUT2D eigenvalue weighted by atomic mass is 9.63. The number of anilines is 1. The predicted octanol–water partition coefficient (Wildman–Crippen LogP) is 2.33. The molecule has 1 fully saturated rings. The maximum Gasteiger partial charge on any atom is 0.269 e. The first-order valence-electron chi connectivity index (χ1n) is 9.01. The van der Waals surface area contributed by atoms with Crippen molar-refractivity contribution >= 4 is 23.2 Å². The lowest BCUT2D eigenvalue weighted by Crippen LogP contribution is -2.64. The topological polar surface area (TPSA) is 92.5 Å². The molecule has 7 heteroatoms. The van der Waals surface area contributed by atoms with Gasteiger partial charge in [-0.3, -0.25) is 25.0 Å². The van der Waals surface area contributed by atoms with Gasteiger partial charge in [0.05, 0.1) is 10.3 Å². The van der Waals surface area contributed by atoms with Gasteiger partial charge in [-0.1, -0.05) is 18.2 Å². The molecule has 0 unspecified atom stereocenters. The van der Waals surface area contributed by atoms with Crippen molar-refractivity contribution in [1.29, 1.82) is 0 Å². The Morgan fingerprint density at radius 3 is 2.81 bits per heavy atom. The number of nitro groups is 1. The van der Waals surface area contributed by atoms with E-state index in [1.165, 1.54) is 6.07 Å². The van der Waals surface area contributed by atoms with Crippen LogP contribution in [-0.2, 0) is 16.6 Å². The molecule has 1 saturated heterocycles. The number of fused-ring (bicyclic) bond motifs is 6. The average molecular weight is 363 g/mol. The maximum atomic E-state index is 13.2. The van der Waals surface area contributed by atoms with Gasteiger partial charge in [0.2, 0.25) is 5.91 Å². The third kappa shape index (κ3) is 2.02. The third-order valence-corrected chi connectivity index (χ3v) is 6.16. The van der Waals surface area contributed by atoms with Crippen molar-refractivity contribution < 1.29 is 14.5 Å². The molecule has 0 radical (unpaired) electrons. The first-order valence-corrected chi connectivity index (χ1v) is 9.01. The first-order chi connectivity index (χ1) is 13.0. The number of nitrogens with zero attached hydrogens (tertiary/aromatic N) is 2. The Balaban J connectivity index is 1.77. The third-order valence-electron chi connectivity index (χ3n) is 6.16. The van der Waals surface area contributed by atoms with Gasteiger partial charge in [0.25, 0.3) is 11.6 Å². The van der Waals surface area contributed by atoms with Crippen molar-refractivity contribution in [2.75, 3.05) is 11.4 Å². The highest BCUT2D eigenvalue weighted by molar-refractivity contribution is 6.14. The van der Waals surface area contributed by atoms with E-state index in [-0.39, 0.29) is 23.5 Å². The summed E-state index contributed by atoms with van der Waals surface area (Å²) in [5.74, 6) is -0.684. The summed E-state index contributed by atoms with van der Waals surface area (Å²) in [6, 6.07) is 12.0. The fourth-order valence-corrected chi connectivity index (χ4v) is 5.07. The fraction of sp³-hybridized carbons (Fsp3) is 0.300. The van der Waals surface area contributed by atoms with Gasteiger partial charge in [0, 0.05) is 36.0 Å².